The van der Waals surface area contributed by atoms with Gasteiger partial charge in [0.2, 0.25) is 8.32 Å². The SMILES string of the molecule is CC(CO[Si](c1ccccc1)(C(C)(C)C)C(C)(C)C)Oc1cc(Oc2ccc(S(C)(=O)=O)cc2)cc2cc(C3=NCC(CCO)S3)[nH]c12. The van der Waals surface area contributed by atoms with Crippen LogP contribution in [0.2, 0.25) is 10.1 Å². The van der Waals surface area contributed by atoms with Crippen LogP contribution in [0.5, 0.6) is 17.2 Å². The monoisotopic (exact) mass is 708 g/mol. The molecule has 0 saturated carbocycles. The van der Waals surface area contributed by atoms with E-state index in [9.17, 15) is 13.5 Å². The quantitative estimate of drug-likeness (QED) is 0.144. The van der Waals surface area contributed by atoms with E-state index in [1.807, 2.05) is 31.2 Å². The normalized spacial score (nSPS) is 16.6. The lowest BCUT2D eigenvalue weighted by Crippen LogP contribution is -2.64. The Morgan fingerprint density at radius 3 is 2.25 bits per heavy atom. The lowest BCUT2D eigenvalue weighted by atomic mass is 10.2. The molecule has 258 valence electrons. The van der Waals surface area contributed by atoms with Gasteiger partial charge < -0.3 is 24.0 Å². The molecule has 1 aromatic heterocycles. The molecule has 1 aliphatic rings. The molecule has 2 unspecified atom stereocenters. The molecule has 0 fully saturated rings. The smallest absolute Gasteiger partial charge is 0.234 e. The summed E-state index contributed by atoms with van der Waals surface area (Å²) in [5, 5.41) is 12.5. The zero-order valence-electron chi connectivity index (χ0n) is 29.2. The fourth-order valence-electron chi connectivity index (χ4n) is 6.88. The first kappa shape index (κ1) is 36.2. The number of sulfone groups is 1. The number of benzene rings is 3. The van der Waals surface area contributed by atoms with Crippen LogP contribution in [0.25, 0.3) is 10.9 Å². The highest BCUT2D eigenvalue weighted by Crippen LogP contribution is 2.51. The standard InChI is InChI=1S/C37H48N2O6S2Si/c1-25(24-43-48(36(2,3)4,37(5,6)7)31-12-10-9-11-13-31)44-33-22-28(45-27-14-16-30(17-15-27)47(8,41)42)20-26-21-32(39-34(26)33)35-38-23-29(46-35)18-19-40/h9-17,20-22,25,29,39-40H,18-19,23-24H2,1-8H3. The Kier molecular flexibility index (Phi) is 10.6. The minimum Gasteiger partial charge on any atom is -0.486 e. The van der Waals surface area contributed by atoms with Gasteiger partial charge in [0.1, 0.15) is 28.4 Å². The molecule has 5 rings (SSSR count). The van der Waals surface area contributed by atoms with Crippen LogP contribution in [0.3, 0.4) is 0 Å². The number of H-pyrrole nitrogens is 1. The Balaban J connectivity index is 1.47. The number of aliphatic imine (C=N–C) groups is 1. The maximum atomic E-state index is 12.0. The third-order valence-corrected chi connectivity index (χ3v) is 17.1. The average Bonchev–Trinajstić information content (AvgIpc) is 3.64. The summed E-state index contributed by atoms with van der Waals surface area (Å²) in [7, 11) is -5.93. The molecular formula is C37H48N2O6S2Si. The maximum absolute atomic E-state index is 12.0. The van der Waals surface area contributed by atoms with Crippen molar-refractivity contribution in [2.75, 3.05) is 26.0 Å². The van der Waals surface area contributed by atoms with Crippen LogP contribution in [0.4, 0.5) is 0 Å². The number of nitrogens with zero attached hydrogens (tertiary/aromatic N) is 1. The Morgan fingerprint density at radius 2 is 1.65 bits per heavy atom. The van der Waals surface area contributed by atoms with Crippen molar-refractivity contribution in [1.82, 2.24) is 4.98 Å². The van der Waals surface area contributed by atoms with E-state index in [0.717, 1.165) is 21.6 Å². The van der Waals surface area contributed by atoms with E-state index in [-0.39, 0.29) is 32.9 Å². The molecule has 1 aliphatic heterocycles. The van der Waals surface area contributed by atoms with Crippen molar-refractivity contribution < 1.29 is 27.4 Å². The highest BCUT2D eigenvalue weighted by molar-refractivity contribution is 8.15. The minimum absolute atomic E-state index is 0.0953. The van der Waals surface area contributed by atoms with Gasteiger partial charge in [-0.05, 0) is 65.0 Å². The second-order valence-electron chi connectivity index (χ2n) is 14.6. The second kappa shape index (κ2) is 14.0. The fraction of sp³-hybridized carbons (Fsp3) is 0.432. The van der Waals surface area contributed by atoms with E-state index >= 15 is 0 Å². The molecular weight excluding hydrogens is 661 g/mol. The number of fused-ring (bicyclic) bond motifs is 1. The van der Waals surface area contributed by atoms with E-state index in [0.29, 0.717) is 36.8 Å². The number of rotatable bonds is 12. The summed E-state index contributed by atoms with van der Waals surface area (Å²) in [4.78, 5) is 8.51. The van der Waals surface area contributed by atoms with Crippen LogP contribution >= 0.6 is 11.8 Å². The van der Waals surface area contributed by atoms with E-state index in [2.05, 4.69) is 70.8 Å². The first-order valence-electron chi connectivity index (χ1n) is 16.3. The molecule has 4 aromatic rings. The molecule has 0 saturated heterocycles. The van der Waals surface area contributed by atoms with Crippen LogP contribution in [0, 0.1) is 0 Å². The van der Waals surface area contributed by atoms with Crippen LogP contribution < -0.4 is 14.7 Å². The van der Waals surface area contributed by atoms with Crippen LogP contribution in [-0.4, -0.2) is 69.2 Å². The molecule has 0 spiro atoms. The third kappa shape index (κ3) is 7.70. The zero-order valence-corrected chi connectivity index (χ0v) is 31.8. The molecule has 2 atom stereocenters. The van der Waals surface area contributed by atoms with Crippen LogP contribution in [-0.2, 0) is 14.3 Å². The molecule has 2 N–H and O–H groups in total. The summed E-state index contributed by atoms with van der Waals surface area (Å²) in [5.41, 5.74) is 1.71. The van der Waals surface area contributed by atoms with Gasteiger partial charge in [0.05, 0.1) is 29.3 Å². The predicted octanol–water partition coefficient (Wildman–Crippen LogP) is 7.84. The number of hydrogen-bond donors (Lipinski definition) is 2. The topological polar surface area (TPSA) is 110 Å². The van der Waals surface area contributed by atoms with E-state index < -0.39 is 18.2 Å². The van der Waals surface area contributed by atoms with Gasteiger partial charge in [-0.25, -0.2) is 8.42 Å². The van der Waals surface area contributed by atoms with Gasteiger partial charge >= 0.3 is 0 Å². The molecule has 0 radical (unpaired) electrons. The Bertz CT molecular complexity index is 1850. The van der Waals surface area contributed by atoms with E-state index in [1.165, 1.54) is 11.4 Å². The van der Waals surface area contributed by atoms with Crippen molar-refractivity contribution in [2.24, 2.45) is 4.99 Å². The summed E-state index contributed by atoms with van der Waals surface area (Å²) < 4.78 is 44.0. The molecule has 0 amide bonds. The molecule has 48 heavy (non-hydrogen) atoms. The first-order valence-corrected chi connectivity index (χ1v) is 21.0. The van der Waals surface area contributed by atoms with E-state index in [4.69, 9.17) is 18.9 Å². The molecule has 0 aliphatic carbocycles. The number of aliphatic hydroxyl groups is 1. The van der Waals surface area contributed by atoms with Crippen LogP contribution in [0.15, 0.2) is 82.7 Å². The molecule has 11 heteroatoms. The van der Waals surface area contributed by atoms with Gasteiger partial charge in [0.25, 0.3) is 0 Å². The van der Waals surface area contributed by atoms with Crippen molar-refractivity contribution in [2.45, 2.75) is 81.2 Å². The second-order valence-corrected chi connectivity index (χ2v) is 23.1. The van der Waals surface area contributed by atoms with Crippen molar-refractivity contribution >= 4 is 51.0 Å². The van der Waals surface area contributed by atoms with Crippen molar-refractivity contribution in [3.63, 3.8) is 0 Å². The summed E-state index contributed by atoms with van der Waals surface area (Å²) in [6.07, 6.45) is 1.58. The Hall–Kier alpha value is -3.09. The molecule has 3 aromatic carbocycles. The van der Waals surface area contributed by atoms with Crippen molar-refractivity contribution in [1.29, 1.82) is 0 Å². The molecule has 0 bridgehead atoms. The number of thioether (sulfide) groups is 1. The summed E-state index contributed by atoms with van der Waals surface area (Å²) in [6.45, 7) is 16.9. The van der Waals surface area contributed by atoms with Gasteiger partial charge in [-0.3, -0.25) is 4.99 Å². The Labute approximate surface area is 290 Å². The number of nitrogens with one attached hydrogen (secondary N) is 1. The minimum atomic E-state index is -3.32. The first-order chi connectivity index (χ1) is 22.5. The lowest BCUT2D eigenvalue weighted by molar-refractivity contribution is 0.130. The highest BCUT2D eigenvalue weighted by Gasteiger charge is 2.56. The van der Waals surface area contributed by atoms with Crippen LogP contribution in [0.1, 0.15) is 60.6 Å². The maximum Gasteiger partial charge on any atom is 0.234 e. The number of hydrogen-bond acceptors (Lipinski definition) is 8. The number of aromatic amines is 1. The van der Waals surface area contributed by atoms with Gasteiger partial charge in [-0.1, -0.05) is 83.6 Å². The molecule has 2 heterocycles. The number of aromatic nitrogens is 1. The van der Waals surface area contributed by atoms with Gasteiger partial charge in [-0.2, -0.15) is 0 Å². The predicted molar refractivity (Wildman–Crippen MR) is 200 cm³/mol. The summed E-state index contributed by atoms with van der Waals surface area (Å²) >= 11 is 1.67. The Morgan fingerprint density at radius 1 is 0.979 bits per heavy atom. The number of aliphatic hydroxyl groups excluding tert-OH is 1. The fourth-order valence-corrected chi connectivity index (χ4v) is 14.7. The summed E-state index contributed by atoms with van der Waals surface area (Å²) in [6, 6.07) is 22.9. The van der Waals surface area contributed by atoms with Gasteiger partial charge in [-0.15, -0.1) is 0 Å². The largest absolute Gasteiger partial charge is 0.486 e. The van der Waals surface area contributed by atoms with Crippen molar-refractivity contribution in [3.8, 4) is 17.2 Å². The lowest BCUT2D eigenvalue weighted by Gasteiger charge is -2.51. The van der Waals surface area contributed by atoms with Crippen molar-refractivity contribution in [3.05, 3.63) is 78.5 Å². The highest BCUT2D eigenvalue weighted by atomic mass is 32.2. The van der Waals surface area contributed by atoms with Gasteiger partial charge in [0, 0.05) is 29.6 Å². The third-order valence-electron chi connectivity index (χ3n) is 8.71. The number of ether oxygens (including phenoxy) is 2. The van der Waals surface area contributed by atoms with E-state index in [1.54, 1.807) is 36.0 Å². The average molecular weight is 709 g/mol. The zero-order chi connectivity index (χ0) is 34.9. The van der Waals surface area contributed by atoms with Gasteiger partial charge in [0.15, 0.2) is 9.84 Å². The molecule has 8 nitrogen and oxygen atoms in total. The summed E-state index contributed by atoms with van der Waals surface area (Å²) in [5.74, 6) is 1.68.